The van der Waals surface area contributed by atoms with Gasteiger partial charge in [-0.05, 0) is 45.8 Å². The Balaban J connectivity index is 1.71. The zero-order valence-corrected chi connectivity index (χ0v) is 17.2. The lowest BCUT2D eigenvalue weighted by Gasteiger charge is -2.10. The normalized spacial score (nSPS) is 10.9. The Morgan fingerprint density at radius 2 is 1.96 bits per heavy atom. The van der Waals surface area contributed by atoms with Gasteiger partial charge in [0.2, 0.25) is 5.13 Å². The van der Waals surface area contributed by atoms with Gasteiger partial charge in [-0.25, -0.2) is 4.98 Å². The Kier molecular flexibility index (Phi) is 6.13. The standard InChI is InChI=1S/C18H15BrClN3O2S/c1-24-16-8-11(7-14(19)17(16)25-2)9-21-23-18-22-15(10-26-18)12-3-5-13(20)6-4-12/h3-10H,1-2H3,(H,22,23)/b21-9-. The Labute approximate surface area is 168 Å². The topological polar surface area (TPSA) is 55.7 Å². The molecular formula is C18H15BrClN3O2S. The lowest BCUT2D eigenvalue weighted by atomic mass is 10.2. The van der Waals surface area contributed by atoms with E-state index in [1.54, 1.807) is 20.4 Å². The first-order valence-corrected chi connectivity index (χ1v) is 9.58. The van der Waals surface area contributed by atoms with E-state index in [2.05, 4.69) is 31.4 Å². The van der Waals surface area contributed by atoms with E-state index in [1.165, 1.54) is 11.3 Å². The number of anilines is 1. The number of benzene rings is 2. The Hall–Kier alpha value is -2.09. The van der Waals surface area contributed by atoms with Crippen LogP contribution in [0.3, 0.4) is 0 Å². The van der Waals surface area contributed by atoms with E-state index < -0.39 is 0 Å². The van der Waals surface area contributed by atoms with Gasteiger partial charge in [0, 0.05) is 16.0 Å². The van der Waals surface area contributed by atoms with E-state index in [-0.39, 0.29) is 0 Å². The monoisotopic (exact) mass is 451 g/mol. The number of ether oxygens (including phenoxy) is 2. The van der Waals surface area contributed by atoms with Gasteiger partial charge in [0.25, 0.3) is 0 Å². The smallest absolute Gasteiger partial charge is 0.203 e. The molecule has 8 heteroatoms. The molecular weight excluding hydrogens is 438 g/mol. The van der Waals surface area contributed by atoms with Gasteiger partial charge >= 0.3 is 0 Å². The second-order valence-electron chi connectivity index (χ2n) is 5.15. The predicted octanol–water partition coefficient (Wildman–Crippen LogP) is 5.69. The number of rotatable bonds is 6. The molecule has 1 aromatic heterocycles. The summed E-state index contributed by atoms with van der Waals surface area (Å²) in [5.74, 6) is 1.27. The number of methoxy groups -OCH3 is 2. The molecule has 134 valence electrons. The van der Waals surface area contributed by atoms with Gasteiger partial charge in [-0.15, -0.1) is 11.3 Å². The van der Waals surface area contributed by atoms with Crippen molar-refractivity contribution in [2.24, 2.45) is 5.10 Å². The summed E-state index contributed by atoms with van der Waals surface area (Å²) in [6.07, 6.45) is 1.69. The molecule has 0 unspecified atom stereocenters. The highest BCUT2D eigenvalue weighted by molar-refractivity contribution is 9.10. The molecule has 3 rings (SSSR count). The highest BCUT2D eigenvalue weighted by atomic mass is 79.9. The van der Waals surface area contributed by atoms with Gasteiger partial charge in [-0.2, -0.15) is 5.10 Å². The number of hydrazone groups is 1. The van der Waals surface area contributed by atoms with Crippen molar-refractivity contribution >= 4 is 50.2 Å². The second kappa shape index (κ2) is 8.53. The van der Waals surface area contributed by atoms with Crippen molar-refractivity contribution in [1.82, 2.24) is 4.98 Å². The lowest BCUT2D eigenvalue weighted by molar-refractivity contribution is 0.353. The minimum absolute atomic E-state index is 0.627. The molecule has 0 radical (unpaired) electrons. The van der Waals surface area contributed by atoms with Crippen LogP contribution in [0.5, 0.6) is 11.5 Å². The maximum absolute atomic E-state index is 5.91. The average Bonchev–Trinajstić information content (AvgIpc) is 3.10. The fourth-order valence-electron chi connectivity index (χ4n) is 2.25. The summed E-state index contributed by atoms with van der Waals surface area (Å²) in [6.45, 7) is 0. The molecule has 0 saturated carbocycles. The largest absolute Gasteiger partial charge is 0.493 e. The summed E-state index contributed by atoms with van der Waals surface area (Å²) >= 11 is 10.9. The maximum Gasteiger partial charge on any atom is 0.203 e. The molecule has 0 aliphatic rings. The van der Waals surface area contributed by atoms with Crippen LogP contribution in [0, 0.1) is 0 Å². The van der Waals surface area contributed by atoms with Crippen LogP contribution < -0.4 is 14.9 Å². The van der Waals surface area contributed by atoms with Crippen molar-refractivity contribution in [3.05, 3.63) is 56.8 Å². The maximum atomic E-state index is 5.91. The van der Waals surface area contributed by atoms with Gasteiger partial charge in [0.15, 0.2) is 11.5 Å². The molecule has 0 fully saturated rings. The average molecular weight is 453 g/mol. The Bertz CT molecular complexity index is 929. The predicted molar refractivity (Wildman–Crippen MR) is 111 cm³/mol. The molecule has 2 aromatic carbocycles. The van der Waals surface area contributed by atoms with E-state index in [9.17, 15) is 0 Å². The summed E-state index contributed by atoms with van der Waals surface area (Å²) in [5.41, 5.74) is 5.68. The Morgan fingerprint density at radius 1 is 1.19 bits per heavy atom. The van der Waals surface area contributed by atoms with Gasteiger partial charge in [0.1, 0.15) is 0 Å². The highest BCUT2D eigenvalue weighted by Crippen LogP contribution is 2.35. The molecule has 0 saturated heterocycles. The molecule has 26 heavy (non-hydrogen) atoms. The molecule has 0 aliphatic heterocycles. The van der Waals surface area contributed by atoms with E-state index in [4.69, 9.17) is 21.1 Å². The van der Waals surface area contributed by atoms with Crippen LogP contribution in [-0.4, -0.2) is 25.4 Å². The van der Waals surface area contributed by atoms with E-state index in [0.29, 0.717) is 21.7 Å². The fraction of sp³-hybridized carbons (Fsp3) is 0.111. The van der Waals surface area contributed by atoms with Crippen molar-refractivity contribution in [3.8, 4) is 22.8 Å². The van der Waals surface area contributed by atoms with Crippen molar-refractivity contribution < 1.29 is 9.47 Å². The molecule has 0 amide bonds. The van der Waals surface area contributed by atoms with E-state index >= 15 is 0 Å². The summed E-state index contributed by atoms with van der Waals surface area (Å²) in [4.78, 5) is 4.52. The number of aromatic nitrogens is 1. The van der Waals surface area contributed by atoms with Gasteiger partial charge in [-0.3, -0.25) is 5.43 Å². The molecule has 0 aliphatic carbocycles. The number of thiazole rings is 1. The molecule has 1 N–H and O–H groups in total. The molecule has 3 aromatic rings. The van der Waals surface area contributed by atoms with Crippen molar-refractivity contribution in [3.63, 3.8) is 0 Å². The van der Waals surface area contributed by atoms with E-state index in [1.807, 2.05) is 41.8 Å². The molecule has 0 spiro atoms. The SMILES string of the molecule is COc1cc(/C=N\Nc2nc(-c3ccc(Cl)cc3)cs2)cc(Br)c1OC. The lowest BCUT2D eigenvalue weighted by Crippen LogP contribution is -1.95. The molecule has 5 nitrogen and oxygen atoms in total. The number of nitrogens with one attached hydrogen (secondary N) is 1. The number of hydrogen-bond acceptors (Lipinski definition) is 6. The number of hydrogen-bond donors (Lipinski definition) is 1. The molecule has 0 bridgehead atoms. The second-order valence-corrected chi connectivity index (χ2v) is 7.30. The van der Waals surface area contributed by atoms with Crippen LogP contribution in [-0.2, 0) is 0 Å². The summed E-state index contributed by atoms with van der Waals surface area (Å²) < 4.78 is 11.4. The molecule has 0 atom stereocenters. The van der Waals surface area contributed by atoms with Gasteiger partial charge < -0.3 is 9.47 Å². The van der Waals surface area contributed by atoms with Crippen LogP contribution in [0.2, 0.25) is 5.02 Å². The first-order valence-electron chi connectivity index (χ1n) is 7.52. The summed E-state index contributed by atoms with van der Waals surface area (Å²) in [7, 11) is 3.19. The summed E-state index contributed by atoms with van der Waals surface area (Å²) in [6, 6.07) is 11.3. The fourth-order valence-corrected chi connectivity index (χ4v) is 3.67. The number of halogens is 2. The van der Waals surface area contributed by atoms with E-state index in [0.717, 1.165) is 21.3 Å². The third-order valence-corrected chi connectivity index (χ3v) is 5.06. The third-order valence-electron chi connectivity index (χ3n) is 3.47. The Morgan fingerprint density at radius 3 is 2.65 bits per heavy atom. The molecule has 1 heterocycles. The third kappa shape index (κ3) is 4.35. The zero-order chi connectivity index (χ0) is 18.5. The minimum Gasteiger partial charge on any atom is -0.493 e. The van der Waals surface area contributed by atoms with Crippen LogP contribution in [0.1, 0.15) is 5.56 Å². The van der Waals surface area contributed by atoms with Crippen LogP contribution >= 0.6 is 38.9 Å². The quantitative estimate of drug-likeness (QED) is 0.385. The van der Waals surface area contributed by atoms with Gasteiger partial charge in [-0.1, -0.05) is 23.7 Å². The van der Waals surface area contributed by atoms with Crippen molar-refractivity contribution in [1.29, 1.82) is 0 Å². The van der Waals surface area contributed by atoms with Crippen molar-refractivity contribution in [2.45, 2.75) is 0 Å². The van der Waals surface area contributed by atoms with Gasteiger partial charge in [0.05, 0.1) is 30.6 Å². The zero-order valence-electron chi connectivity index (χ0n) is 14.0. The van der Waals surface area contributed by atoms with Crippen LogP contribution in [0.4, 0.5) is 5.13 Å². The minimum atomic E-state index is 0.627. The first-order chi connectivity index (χ1) is 12.6. The van der Waals surface area contributed by atoms with Crippen LogP contribution in [0.25, 0.3) is 11.3 Å². The highest BCUT2D eigenvalue weighted by Gasteiger charge is 2.09. The first kappa shape index (κ1) is 18.7. The van der Waals surface area contributed by atoms with Crippen molar-refractivity contribution in [2.75, 3.05) is 19.6 Å². The number of nitrogens with zero attached hydrogens (tertiary/aromatic N) is 2. The summed E-state index contributed by atoms with van der Waals surface area (Å²) in [5, 5.41) is 7.61. The van der Waals surface area contributed by atoms with Crippen LogP contribution in [0.15, 0.2) is 51.4 Å².